The zero-order chi connectivity index (χ0) is 4.28. The molecule has 0 atom stereocenters. The first-order valence-corrected chi connectivity index (χ1v) is 1.62. The molecule has 0 rings (SSSR count). The van der Waals surface area contributed by atoms with Gasteiger partial charge < -0.3 is 3.79 Å². The van der Waals surface area contributed by atoms with Crippen LogP contribution in [0.3, 0.4) is 0 Å². The minimum Gasteiger partial charge on any atom is -0.628 e. The summed E-state index contributed by atoms with van der Waals surface area (Å²) in [5.41, 5.74) is 0. The Morgan fingerprint density at radius 2 is 1.71 bits per heavy atom. The van der Waals surface area contributed by atoms with Crippen LogP contribution in [0.4, 0.5) is 0 Å². The van der Waals surface area contributed by atoms with Crippen LogP contribution >= 0.6 is 24.8 Å². The minimum absolute atomic E-state index is 0. The van der Waals surface area contributed by atoms with Crippen molar-refractivity contribution < 1.29 is 8.58 Å². The third-order valence-corrected chi connectivity index (χ3v) is 0.498. The van der Waals surface area contributed by atoms with Gasteiger partial charge in [-0.05, 0) is 0 Å². The summed E-state index contributed by atoms with van der Waals surface area (Å²) in [6, 6.07) is 0. The standard InChI is InChI=1S/C2H4O2.Al.2ClH/c1-2(3)4;;;/h1H3,(H,3,4);;2*1H/q;+1;;/p-1. The highest BCUT2D eigenvalue weighted by atomic mass is 35.5. The fourth-order valence-electron chi connectivity index (χ4n) is 0. The van der Waals surface area contributed by atoms with Gasteiger partial charge in [-0.3, -0.25) is 4.79 Å². The van der Waals surface area contributed by atoms with Crippen LogP contribution in [0.2, 0.25) is 0 Å². The quantitative estimate of drug-likeness (QED) is 0.480. The minimum atomic E-state index is -0.282. The summed E-state index contributed by atoms with van der Waals surface area (Å²) in [5.74, 6) is -0.282. The summed E-state index contributed by atoms with van der Waals surface area (Å²) < 4.78 is 4.03. The second-order valence-electron chi connectivity index (χ2n) is 0.609. The first kappa shape index (κ1) is 15.6. The second kappa shape index (κ2) is 9.77. The molecule has 5 heteroatoms. The van der Waals surface area contributed by atoms with Gasteiger partial charge in [-0.25, -0.2) is 0 Å². The summed E-state index contributed by atoms with van der Waals surface area (Å²) >= 11 is 1.84. The van der Waals surface area contributed by atoms with Crippen molar-refractivity contribution in [3.8, 4) is 0 Å². The fourth-order valence-corrected chi connectivity index (χ4v) is 0. The van der Waals surface area contributed by atoms with Crippen molar-refractivity contribution in [2.45, 2.75) is 6.92 Å². The van der Waals surface area contributed by atoms with Gasteiger partial charge in [0.2, 0.25) is 0 Å². The molecule has 0 unspecified atom stereocenters. The number of carbonyl (C=O) groups excluding carboxylic acids is 1. The average molecular weight is 159 g/mol. The van der Waals surface area contributed by atoms with E-state index in [0.717, 1.165) is 0 Å². The van der Waals surface area contributed by atoms with Crippen LogP contribution in [0.5, 0.6) is 0 Å². The Kier molecular flexibility index (Phi) is 21.8. The normalized spacial score (nSPS) is 4.71. The lowest BCUT2D eigenvalue weighted by molar-refractivity contribution is -0.131. The monoisotopic (exact) mass is 158 g/mol. The van der Waals surface area contributed by atoms with Gasteiger partial charge in [0.15, 0.2) is 0 Å². The predicted molar refractivity (Wildman–Crippen MR) is 32.0 cm³/mol. The summed E-state index contributed by atoms with van der Waals surface area (Å²) in [5, 5.41) is 0. The maximum absolute atomic E-state index is 9.57. The van der Waals surface area contributed by atoms with Crippen molar-refractivity contribution in [1.82, 2.24) is 0 Å². The molecule has 0 N–H and O–H groups in total. The summed E-state index contributed by atoms with van der Waals surface area (Å²) in [6.07, 6.45) is 0. The summed E-state index contributed by atoms with van der Waals surface area (Å²) in [4.78, 5) is 9.57. The van der Waals surface area contributed by atoms with E-state index in [2.05, 4.69) is 3.79 Å². The number of hydrogen-bond donors (Lipinski definition) is 0. The van der Waals surface area contributed by atoms with Crippen LogP contribution in [0.1, 0.15) is 6.92 Å². The van der Waals surface area contributed by atoms with Crippen molar-refractivity contribution in [2.24, 2.45) is 0 Å². The van der Waals surface area contributed by atoms with Crippen LogP contribution in [0.15, 0.2) is 0 Å². The Bertz CT molecular complexity index is 49.0. The lowest BCUT2D eigenvalue weighted by atomic mass is 10.9. The number of rotatable bonds is 0. The van der Waals surface area contributed by atoms with Gasteiger partial charge in [-0.15, -0.1) is 24.8 Å². The lowest BCUT2D eigenvalue weighted by Gasteiger charge is -1.85. The topological polar surface area (TPSA) is 26.3 Å². The summed E-state index contributed by atoms with van der Waals surface area (Å²) in [6.45, 7) is 1.34. The second-order valence-corrected chi connectivity index (χ2v) is 0.845. The molecule has 0 aromatic carbocycles. The van der Waals surface area contributed by atoms with Gasteiger partial charge >= 0.3 is 16.6 Å². The molecule has 0 bridgehead atoms. The molecule has 2 nitrogen and oxygen atoms in total. The van der Waals surface area contributed by atoms with E-state index in [-0.39, 0.29) is 30.8 Å². The Balaban J connectivity index is -0.0000000800. The van der Waals surface area contributed by atoms with E-state index < -0.39 is 0 Å². The van der Waals surface area contributed by atoms with Crippen LogP contribution < -0.4 is 0 Å². The van der Waals surface area contributed by atoms with Gasteiger partial charge in [-0.2, -0.15) is 0 Å². The SMILES string of the molecule is CC(=O)[O][Al].Cl.Cl. The van der Waals surface area contributed by atoms with E-state index in [1.54, 1.807) is 0 Å². The van der Waals surface area contributed by atoms with Crippen LogP contribution in [-0.4, -0.2) is 22.6 Å². The number of halogens is 2. The third kappa shape index (κ3) is 20.7. The van der Waals surface area contributed by atoms with Crippen molar-refractivity contribution in [2.75, 3.05) is 0 Å². The van der Waals surface area contributed by atoms with E-state index in [4.69, 9.17) is 0 Å². The Morgan fingerprint density at radius 1 is 1.57 bits per heavy atom. The highest BCUT2D eigenvalue weighted by molar-refractivity contribution is 6.04. The Hall–Kier alpha value is 0.582. The smallest absolute Gasteiger partial charge is 0.484 e. The molecular weight excluding hydrogens is 154 g/mol. The largest absolute Gasteiger partial charge is 0.628 e. The maximum Gasteiger partial charge on any atom is 0.484 e. The molecule has 0 aliphatic rings. The van der Waals surface area contributed by atoms with E-state index >= 15 is 0 Å². The molecule has 0 fully saturated rings. The van der Waals surface area contributed by atoms with Crippen LogP contribution in [0.25, 0.3) is 0 Å². The van der Waals surface area contributed by atoms with Gasteiger partial charge in [-0.1, -0.05) is 0 Å². The van der Waals surface area contributed by atoms with Crippen LogP contribution in [-0.2, 0) is 8.58 Å². The lowest BCUT2D eigenvalue weighted by Crippen LogP contribution is -1.90. The zero-order valence-corrected chi connectivity index (χ0v) is 6.50. The molecular formula is C2H5AlCl2O2. The number of carbonyl (C=O) groups is 1. The van der Waals surface area contributed by atoms with Crippen molar-refractivity contribution in [1.29, 1.82) is 0 Å². The first-order chi connectivity index (χ1) is 2.27. The Morgan fingerprint density at radius 3 is 1.71 bits per heavy atom. The molecule has 2 radical (unpaired) electrons. The molecule has 0 heterocycles. The highest BCUT2D eigenvalue weighted by Crippen LogP contribution is 1.58. The van der Waals surface area contributed by atoms with Crippen LogP contribution in [0, 0.1) is 0 Å². The third-order valence-electron chi connectivity index (χ3n) is 0.166. The molecule has 0 aliphatic heterocycles. The van der Waals surface area contributed by atoms with Gasteiger partial charge in [0.1, 0.15) is 0 Å². The molecule has 0 spiro atoms. The van der Waals surface area contributed by atoms with Gasteiger partial charge in [0.05, 0.1) is 0 Å². The van der Waals surface area contributed by atoms with E-state index in [1.807, 2.05) is 16.6 Å². The molecule has 7 heavy (non-hydrogen) atoms. The average Bonchev–Trinajstić information content (AvgIpc) is 1.38. The van der Waals surface area contributed by atoms with E-state index in [9.17, 15) is 4.79 Å². The molecule has 42 valence electrons. The molecule has 0 aliphatic carbocycles. The molecule has 0 amide bonds. The van der Waals surface area contributed by atoms with Crippen molar-refractivity contribution in [3.63, 3.8) is 0 Å². The van der Waals surface area contributed by atoms with E-state index in [0.29, 0.717) is 0 Å². The van der Waals surface area contributed by atoms with Crippen molar-refractivity contribution in [3.05, 3.63) is 0 Å². The highest BCUT2D eigenvalue weighted by Gasteiger charge is 1.74. The van der Waals surface area contributed by atoms with E-state index in [1.165, 1.54) is 6.92 Å². The fraction of sp³-hybridized carbons (Fsp3) is 0.500. The zero-order valence-electron chi connectivity index (χ0n) is 3.71. The molecule has 0 saturated carbocycles. The molecule has 0 aromatic heterocycles. The predicted octanol–water partition coefficient (Wildman–Crippen LogP) is 0.477. The first-order valence-electron chi connectivity index (χ1n) is 1.14. The molecule has 0 saturated heterocycles. The van der Waals surface area contributed by atoms with Gasteiger partial charge in [0, 0.05) is 6.92 Å². The van der Waals surface area contributed by atoms with Gasteiger partial charge in [0.25, 0.3) is 5.97 Å². The molecule has 0 aromatic rings. The number of hydrogen-bond acceptors (Lipinski definition) is 2. The summed E-state index contributed by atoms with van der Waals surface area (Å²) in [7, 11) is 0. The maximum atomic E-state index is 9.57. The Labute approximate surface area is 63.2 Å². The van der Waals surface area contributed by atoms with Crippen molar-refractivity contribution >= 4 is 47.4 Å².